The van der Waals surface area contributed by atoms with Crippen LogP contribution >= 0.6 is 0 Å². The zero-order chi connectivity index (χ0) is 19.1. The van der Waals surface area contributed by atoms with E-state index in [-0.39, 0.29) is 5.91 Å². The van der Waals surface area contributed by atoms with E-state index >= 15 is 0 Å². The Bertz CT molecular complexity index is 881. The molecule has 6 nitrogen and oxygen atoms in total. The number of nitrogens with zero attached hydrogens (tertiary/aromatic N) is 4. The summed E-state index contributed by atoms with van der Waals surface area (Å²) in [5.74, 6) is 2.72. The predicted octanol–water partition coefficient (Wildman–Crippen LogP) is 2.87. The van der Waals surface area contributed by atoms with E-state index in [1.807, 2.05) is 12.1 Å². The molecule has 148 valence electrons. The van der Waals surface area contributed by atoms with Crippen molar-refractivity contribution in [3.63, 3.8) is 0 Å². The summed E-state index contributed by atoms with van der Waals surface area (Å²) in [6, 6.07) is 7.72. The lowest BCUT2D eigenvalue weighted by Crippen LogP contribution is -2.34. The maximum Gasteiger partial charge on any atom is 0.248 e. The molecule has 0 radical (unpaired) electrons. The van der Waals surface area contributed by atoms with E-state index in [4.69, 9.17) is 5.73 Å². The van der Waals surface area contributed by atoms with Crippen molar-refractivity contribution in [3.05, 3.63) is 47.0 Å². The maximum absolute atomic E-state index is 11.4. The number of amides is 1. The summed E-state index contributed by atoms with van der Waals surface area (Å²) < 4.78 is 2.44. The molecule has 1 aliphatic carbocycles. The van der Waals surface area contributed by atoms with Gasteiger partial charge < -0.3 is 10.3 Å². The fourth-order valence-electron chi connectivity index (χ4n) is 5.27. The number of fused-ring (bicyclic) bond motifs is 1. The minimum absolute atomic E-state index is 0.354. The third-order valence-electron chi connectivity index (χ3n) is 7.11. The van der Waals surface area contributed by atoms with Crippen LogP contribution in [0.2, 0.25) is 0 Å². The third kappa shape index (κ3) is 3.24. The van der Waals surface area contributed by atoms with Crippen LogP contribution in [0, 0.1) is 5.41 Å². The van der Waals surface area contributed by atoms with Crippen LogP contribution in [0.5, 0.6) is 0 Å². The number of benzene rings is 1. The topological polar surface area (TPSA) is 77.0 Å². The van der Waals surface area contributed by atoms with Gasteiger partial charge in [0.25, 0.3) is 0 Å². The van der Waals surface area contributed by atoms with E-state index in [2.05, 4.69) is 25.7 Å². The molecular formula is C22H29N5O. The van der Waals surface area contributed by atoms with Crippen LogP contribution in [0.3, 0.4) is 0 Å². The van der Waals surface area contributed by atoms with Crippen molar-refractivity contribution in [2.75, 3.05) is 13.1 Å². The number of primary amides is 1. The summed E-state index contributed by atoms with van der Waals surface area (Å²) >= 11 is 0. The average molecular weight is 380 g/mol. The molecule has 1 amide bonds. The Balaban J connectivity index is 1.22. The van der Waals surface area contributed by atoms with Crippen molar-refractivity contribution in [3.8, 4) is 0 Å². The highest BCUT2D eigenvalue weighted by atomic mass is 16.1. The van der Waals surface area contributed by atoms with E-state index in [0.717, 1.165) is 32.6 Å². The molecule has 1 saturated heterocycles. The summed E-state index contributed by atoms with van der Waals surface area (Å²) in [5.41, 5.74) is 7.63. The number of aromatic nitrogens is 3. The minimum atomic E-state index is -0.354. The molecule has 1 aromatic carbocycles. The van der Waals surface area contributed by atoms with Crippen LogP contribution in [-0.4, -0.2) is 38.7 Å². The third-order valence-corrected chi connectivity index (χ3v) is 7.11. The number of nitrogens with two attached hydrogens (primary N) is 1. The predicted molar refractivity (Wildman–Crippen MR) is 107 cm³/mol. The summed E-state index contributed by atoms with van der Waals surface area (Å²) in [4.78, 5) is 13.9. The molecule has 1 aromatic heterocycles. The van der Waals surface area contributed by atoms with Crippen LogP contribution in [0.15, 0.2) is 24.3 Å². The van der Waals surface area contributed by atoms with Gasteiger partial charge in [0.15, 0.2) is 0 Å². The Morgan fingerprint density at radius 1 is 1.14 bits per heavy atom. The Morgan fingerprint density at radius 2 is 2.00 bits per heavy atom. The number of likely N-dealkylation sites (tertiary alicyclic amines) is 1. The lowest BCUT2D eigenvalue weighted by atomic mass is 9.90. The average Bonchev–Trinajstić information content (AvgIpc) is 3.34. The first kappa shape index (κ1) is 17.9. The fraction of sp³-hybridized carbons (Fsp3) is 0.591. The number of carbonyl (C=O) groups excluding carboxylic acids is 1. The number of piperidine rings is 1. The van der Waals surface area contributed by atoms with Gasteiger partial charge in [-0.3, -0.25) is 9.69 Å². The van der Waals surface area contributed by atoms with Crippen molar-refractivity contribution in [1.29, 1.82) is 0 Å². The van der Waals surface area contributed by atoms with Crippen LogP contribution < -0.4 is 5.73 Å². The number of hydrogen-bond donors (Lipinski definition) is 1. The highest BCUT2D eigenvalue weighted by Crippen LogP contribution is 2.64. The largest absolute Gasteiger partial charge is 0.366 e. The van der Waals surface area contributed by atoms with Crippen molar-refractivity contribution in [2.24, 2.45) is 11.1 Å². The van der Waals surface area contributed by atoms with Gasteiger partial charge in [0.2, 0.25) is 5.91 Å². The number of hydrogen-bond acceptors (Lipinski definition) is 4. The standard InChI is InChI=1S/C22H29N5O/c23-20(28)17-6-4-5-16(13-17)15-26-11-8-22(9-12-26)14-18(22)21-25-24-19-7-2-1-3-10-27(19)21/h4-6,13,18H,1-3,7-12,14-15H2,(H2,23,28). The first-order chi connectivity index (χ1) is 13.6. The second kappa shape index (κ2) is 6.99. The van der Waals surface area contributed by atoms with Gasteiger partial charge in [-0.2, -0.15) is 0 Å². The molecule has 2 aliphatic heterocycles. The molecule has 2 fully saturated rings. The lowest BCUT2D eigenvalue weighted by Gasteiger charge is -2.33. The quantitative estimate of drug-likeness (QED) is 0.886. The van der Waals surface area contributed by atoms with E-state index < -0.39 is 0 Å². The second-order valence-electron chi connectivity index (χ2n) is 8.90. The van der Waals surface area contributed by atoms with Gasteiger partial charge >= 0.3 is 0 Å². The summed E-state index contributed by atoms with van der Waals surface area (Å²) in [7, 11) is 0. The van der Waals surface area contributed by atoms with E-state index in [1.165, 1.54) is 55.7 Å². The molecule has 1 spiro atoms. The Labute approximate surface area is 166 Å². The molecule has 3 heterocycles. The highest BCUT2D eigenvalue weighted by molar-refractivity contribution is 5.92. The fourth-order valence-corrected chi connectivity index (χ4v) is 5.27. The molecule has 2 N–H and O–H groups in total. The van der Waals surface area contributed by atoms with Crippen LogP contribution in [0.1, 0.15) is 72.0 Å². The van der Waals surface area contributed by atoms with Gasteiger partial charge in [-0.1, -0.05) is 18.6 Å². The Kier molecular flexibility index (Phi) is 4.46. The number of aryl methyl sites for hydroxylation is 1. The molecule has 28 heavy (non-hydrogen) atoms. The van der Waals surface area contributed by atoms with Crippen molar-refractivity contribution in [2.45, 2.75) is 64.0 Å². The first-order valence-corrected chi connectivity index (χ1v) is 10.7. The molecule has 1 atom stereocenters. The van der Waals surface area contributed by atoms with Crippen LogP contribution in [0.25, 0.3) is 0 Å². The number of carbonyl (C=O) groups is 1. The molecule has 3 aliphatic rings. The van der Waals surface area contributed by atoms with Crippen molar-refractivity contribution in [1.82, 2.24) is 19.7 Å². The van der Waals surface area contributed by atoms with E-state index in [0.29, 0.717) is 16.9 Å². The van der Waals surface area contributed by atoms with Crippen molar-refractivity contribution >= 4 is 5.91 Å². The van der Waals surface area contributed by atoms with Crippen molar-refractivity contribution < 1.29 is 4.79 Å². The maximum atomic E-state index is 11.4. The van der Waals surface area contributed by atoms with Gasteiger partial charge in [-0.15, -0.1) is 10.2 Å². The number of rotatable bonds is 4. The monoisotopic (exact) mass is 379 g/mol. The molecule has 1 unspecified atom stereocenters. The van der Waals surface area contributed by atoms with Gasteiger partial charge in [0.05, 0.1) is 0 Å². The highest BCUT2D eigenvalue weighted by Gasteiger charge is 2.57. The summed E-state index contributed by atoms with van der Waals surface area (Å²) in [6.07, 6.45) is 8.64. The first-order valence-electron chi connectivity index (χ1n) is 10.7. The Hall–Kier alpha value is -2.21. The van der Waals surface area contributed by atoms with Gasteiger partial charge in [0.1, 0.15) is 11.6 Å². The molecule has 6 heteroatoms. The zero-order valence-electron chi connectivity index (χ0n) is 16.4. The van der Waals surface area contributed by atoms with Gasteiger partial charge in [0, 0.05) is 31.0 Å². The van der Waals surface area contributed by atoms with Gasteiger partial charge in [-0.25, -0.2) is 0 Å². The second-order valence-corrected chi connectivity index (χ2v) is 8.90. The molecule has 1 saturated carbocycles. The normalized spacial score (nSPS) is 23.9. The van der Waals surface area contributed by atoms with Crippen LogP contribution in [0.4, 0.5) is 0 Å². The van der Waals surface area contributed by atoms with E-state index in [1.54, 1.807) is 6.07 Å². The smallest absolute Gasteiger partial charge is 0.248 e. The lowest BCUT2D eigenvalue weighted by molar-refractivity contribution is 0.1000. The van der Waals surface area contributed by atoms with Gasteiger partial charge in [-0.05, 0) is 68.3 Å². The Morgan fingerprint density at radius 3 is 2.82 bits per heavy atom. The molecule has 5 rings (SSSR count). The molecular weight excluding hydrogens is 350 g/mol. The minimum Gasteiger partial charge on any atom is -0.366 e. The van der Waals surface area contributed by atoms with Crippen LogP contribution in [-0.2, 0) is 19.5 Å². The zero-order valence-corrected chi connectivity index (χ0v) is 16.4. The SMILES string of the molecule is NC(=O)c1cccc(CN2CCC3(CC2)CC3c2nnc3n2CCCCC3)c1. The summed E-state index contributed by atoms with van der Waals surface area (Å²) in [6.45, 7) is 4.21. The van der Waals surface area contributed by atoms with E-state index in [9.17, 15) is 4.79 Å². The summed E-state index contributed by atoms with van der Waals surface area (Å²) in [5, 5.41) is 9.13. The molecule has 2 aromatic rings. The molecule has 0 bridgehead atoms.